The summed E-state index contributed by atoms with van der Waals surface area (Å²) in [5.74, 6) is 0.265. The van der Waals surface area contributed by atoms with Crippen LogP contribution in [0.2, 0.25) is 0 Å². The Morgan fingerprint density at radius 2 is 1.59 bits per heavy atom. The average molecular weight is 515 g/mol. The lowest BCUT2D eigenvalue weighted by molar-refractivity contribution is -0.141. The van der Waals surface area contributed by atoms with Crippen molar-refractivity contribution in [3.8, 4) is 16.9 Å². The zero-order valence-electron chi connectivity index (χ0n) is 20.8. The van der Waals surface area contributed by atoms with Gasteiger partial charge in [-0.1, -0.05) is 44.2 Å². The topological polar surface area (TPSA) is 77.5 Å². The first-order valence-corrected chi connectivity index (χ1v) is 11.8. The first-order valence-electron chi connectivity index (χ1n) is 11.8. The maximum absolute atomic E-state index is 12.8. The van der Waals surface area contributed by atoms with Crippen molar-refractivity contribution in [3.63, 3.8) is 0 Å². The number of hydrogen-bond acceptors (Lipinski definition) is 5. The summed E-state index contributed by atoms with van der Waals surface area (Å²) in [7, 11) is 1.30. The van der Waals surface area contributed by atoms with E-state index >= 15 is 0 Å². The number of amides is 1. The van der Waals surface area contributed by atoms with E-state index in [2.05, 4.69) is 28.9 Å². The van der Waals surface area contributed by atoms with E-state index in [0.29, 0.717) is 22.8 Å². The summed E-state index contributed by atoms with van der Waals surface area (Å²) < 4.78 is 49.1. The minimum absolute atomic E-state index is 0.0960. The van der Waals surface area contributed by atoms with Gasteiger partial charge in [-0.15, -0.1) is 0 Å². The van der Waals surface area contributed by atoms with E-state index in [0.717, 1.165) is 23.6 Å². The molecule has 1 amide bonds. The number of carbonyl (C=O) groups is 2. The van der Waals surface area contributed by atoms with Gasteiger partial charge in [-0.25, -0.2) is 0 Å². The van der Waals surface area contributed by atoms with Gasteiger partial charge >= 0.3 is 12.1 Å². The molecule has 1 unspecified atom stereocenters. The lowest BCUT2D eigenvalue weighted by atomic mass is 9.98. The predicted molar refractivity (Wildman–Crippen MR) is 133 cm³/mol. The number of aromatic nitrogens is 1. The molecule has 1 atom stereocenters. The Balaban J connectivity index is 1.68. The minimum Gasteiger partial charge on any atom is -0.486 e. The fourth-order valence-electron chi connectivity index (χ4n) is 3.63. The highest BCUT2D eigenvalue weighted by molar-refractivity contribution is 5.94. The standard InChI is InChI=1S/C28H29F3N2O4/c1-18(2)16-24(20-4-6-21(7-5-20)27(35)32-15-14-26(34)36-3)37-23-11-8-19(9-12-23)22-10-13-25(33-17-22)28(29,30)31/h4-13,17-18,24H,14-16H2,1-3H3,(H,32,35). The van der Waals surface area contributed by atoms with Crippen LogP contribution in [0.1, 0.15) is 54.4 Å². The molecule has 1 aromatic heterocycles. The van der Waals surface area contributed by atoms with Gasteiger partial charge in [0.05, 0.1) is 13.5 Å². The molecule has 9 heteroatoms. The number of rotatable bonds is 10. The Kier molecular flexibility index (Phi) is 9.27. The first kappa shape index (κ1) is 27.7. The van der Waals surface area contributed by atoms with Gasteiger partial charge in [0.2, 0.25) is 0 Å². The Bertz CT molecular complexity index is 1180. The highest BCUT2D eigenvalue weighted by Crippen LogP contribution is 2.31. The third kappa shape index (κ3) is 8.06. The number of nitrogens with one attached hydrogen (secondary N) is 1. The Labute approximate surface area is 213 Å². The molecule has 2 aromatic carbocycles. The predicted octanol–water partition coefficient (Wildman–Crippen LogP) is 6.23. The highest BCUT2D eigenvalue weighted by atomic mass is 19.4. The molecule has 0 bridgehead atoms. The number of nitrogens with zero attached hydrogens (tertiary/aromatic N) is 1. The SMILES string of the molecule is COC(=O)CCNC(=O)c1ccc(C(CC(C)C)Oc2ccc(-c3ccc(C(F)(F)F)nc3)cc2)cc1. The number of methoxy groups -OCH3 is 1. The molecule has 0 aliphatic carbocycles. The summed E-state index contributed by atoms with van der Waals surface area (Å²) >= 11 is 0. The Morgan fingerprint density at radius 3 is 2.14 bits per heavy atom. The van der Waals surface area contributed by atoms with E-state index in [9.17, 15) is 22.8 Å². The largest absolute Gasteiger partial charge is 0.486 e. The molecule has 0 radical (unpaired) electrons. The van der Waals surface area contributed by atoms with E-state index < -0.39 is 17.8 Å². The van der Waals surface area contributed by atoms with Crippen molar-refractivity contribution in [2.75, 3.05) is 13.7 Å². The number of carbonyl (C=O) groups excluding carboxylic acids is 2. The molecule has 1 N–H and O–H groups in total. The summed E-state index contributed by atoms with van der Waals surface area (Å²) in [6.07, 6.45) is -2.72. The van der Waals surface area contributed by atoms with Gasteiger partial charge in [-0.05, 0) is 53.8 Å². The molecular weight excluding hydrogens is 485 g/mol. The number of hydrogen-bond donors (Lipinski definition) is 1. The lowest BCUT2D eigenvalue weighted by Crippen LogP contribution is -2.26. The zero-order valence-corrected chi connectivity index (χ0v) is 20.8. The van der Waals surface area contributed by atoms with Gasteiger partial charge in [0, 0.05) is 23.9 Å². The third-order valence-corrected chi connectivity index (χ3v) is 5.59. The van der Waals surface area contributed by atoms with E-state index in [1.807, 2.05) is 12.1 Å². The quantitative estimate of drug-likeness (QED) is 0.325. The highest BCUT2D eigenvalue weighted by Gasteiger charge is 2.32. The van der Waals surface area contributed by atoms with Crippen LogP contribution < -0.4 is 10.1 Å². The maximum Gasteiger partial charge on any atom is 0.433 e. The van der Waals surface area contributed by atoms with Gasteiger partial charge in [-0.3, -0.25) is 14.6 Å². The van der Waals surface area contributed by atoms with E-state index in [1.165, 1.54) is 19.4 Å². The summed E-state index contributed by atoms with van der Waals surface area (Å²) in [6.45, 7) is 4.35. The summed E-state index contributed by atoms with van der Waals surface area (Å²) in [5, 5.41) is 2.68. The molecule has 0 spiro atoms. The summed E-state index contributed by atoms with van der Waals surface area (Å²) in [5.41, 5.74) is 1.72. The van der Waals surface area contributed by atoms with Crippen molar-refractivity contribution in [3.05, 3.63) is 83.7 Å². The molecule has 0 fully saturated rings. The van der Waals surface area contributed by atoms with Crippen molar-refractivity contribution in [1.82, 2.24) is 10.3 Å². The Hall–Kier alpha value is -3.88. The van der Waals surface area contributed by atoms with Gasteiger partial charge in [0.1, 0.15) is 17.5 Å². The summed E-state index contributed by atoms with van der Waals surface area (Å²) in [6, 6.07) is 16.5. The van der Waals surface area contributed by atoms with Crippen molar-refractivity contribution in [2.24, 2.45) is 5.92 Å². The molecule has 3 aromatic rings. The normalized spacial score (nSPS) is 12.2. The van der Waals surface area contributed by atoms with Crippen LogP contribution in [0.15, 0.2) is 66.9 Å². The molecule has 0 aliphatic heterocycles. The van der Waals surface area contributed by atoms with Crippen LogP contribution >= 0.6 is 0 Å². The third-order valence-electron chi connectivity index (χ3n) is 5.59. The van der Waals surface area contributed by atoms with Gasteiger partial charge in [0.15, 0.2) is 0 Å². The smallest absolute Gasteiger partial charge is 0.433 e. The van der Waals surface area contributed by atoms with Crippen LogP contribution in [0.5, 0.6) is 5.75 Å². The molecule has 1 heterocycles. The number of halogens is 3. The van der Waals surface area contributed by atoms with Crippen molar-refractivity contribution in [1.29, 1.82) is 0 Å². The molecule has 0 saturated heterocycles. The maximum atomic E-state index is 12.8. The molecular formula is C28H29F3N2O4. The number of benzene rings is 2. The second kappa shape index (κ2) is 12.4. The number of esters is 1. The van der Waals surface area contributed by atoms with E-state index in [-0.39, 0.29) is 25.0 Å². The minimum atomic E-state index is -4.48. The first-order chi connectivity index (χ1) is 17.6. The number of alkyl halides is 3. The van der Waals surface area contributed by atoms with Crippen LogP contribution in [0.3, 0.4) is 0 Å². The van der Waals surface area contributed by atoms with Gasteiger partial charge < -0.3 is 14.8 Å². The second-order valence-corrected chi connectivity index (χ2v) is 8.89. The molecule has 0 saturated carbocycles. The average Bonchev–Trinajstić information content (AvgIpc) is 2.88. The van der Waals surface area contributed by atoms with Crippen LogP contribution in [0.4, 0.5) is 13.2 Å². The van der Waals surface area contributed by atoms with Crippen molar-refractivity contribution >= 4 is 11.9 Å². The number of ether oxygens (including phenoxy) is 2. The molecule has 6 nitrogen and oxygen atoms in total. The van der Waals surface area contributed by atoms with Crippen molar-refractivity contribution in [2.45, 2.75) is 39.0 Å². The van der Waals surface area contributed by atoms with Crippen LogP contribution in [0, 0.1) is 5.92 Å². The van der Waals surface area contributed by atoms with Crippen LogP contribution in [-0.4, -0.2) is 30.5 Å². The molecule has 37 heavy (non-hydrogen) atoms. The molecule has 196 valence electrons. The summed E-state index contributed by atoms with van der Waals surface area (Å²) in [4.78, 5) is 27.0. The monoisotopic (exact) mass is 514 g/mol. The zero-order chi connectivity index (χ0) is 27.0. The van der Waals surface area contributed by atoms with Gasteiger partial charge in [0.25, 0.3) is 5.91 Å². The van der Waals surface area contributed by atoms with Crippen LogP contribution in [-0.2, 0) is 15.7 Å². The van der Waals surface area contributed by atoms with Gasteiger partial charge in [-0.2, -0.15) is 13.2 Å². The van der Waals surface area contributed by atoms with Crippen molar-refractivity contribution < 1.29 is 32.2 Å². The fourth-order valence-corrected chi connectivity index (χ4v) is 3.63. The number of pyridine rings is 1. The Morgan fingerprint density at radius 1 is 0.946 bits per heavy atom. The van der Waals surface area contributed by atoms with Crippen LogP contribution in [0.25, 0.3) is 11.1 Å². The molecule has 0 aliphatic rings. The lowest BCUT2D eigenvalue weighted by Gasteiger charge is -2.22. The van der Waals surface area contributed by atoms with E-state index in [1.54, 1.807) is 36.4 Å². The molecule has 3 rings (SSSR count). The fraction of sp³-hybridized carbons (Fsp3) is 0.321. The van der Waals surface area contributed by atoms with E-state index in [4.69, 9.17) is 4.74 Å². The second-order valence-electron chi connectivity index (χ2n) is 8.89.